The molecule has 1 saturated heterocycles. The van der Waals surface area contributed by atoms with Crippen LogP contribution in [0, 0.1) is 6.92 Å². The Hall–Kier alpha value is -1.32. The van der Waals surface area contributed by atoms with Crippen molar-refractivity contribution in [3.63, 3.8) is 0 Å². The number of likely N-dealkylation sites (tertiary alicyclic amines) is 1. The zero-order valence-electron chi connectivity index (χ0n) is 12.8. The summed E-state index contributed by atoms with van der Waals surface area (Å²) in [5.41, 5.74) is 10.5. The van der Waals surface area contributed by atoms with Gasteiger partial charge in [0.15, 0.2) is 0 Å². The van der Waals surface area contributed by atoms with Gasteiger partial charge >= 0.3 is 0 Å². The van der Waals surface area contributed by atoms with Crippen molar-refractivity contribution < 1.29 is 0 Å². The van der Waals surface area contributed by atoms with Gasteiger partial charge in [0.05, 0.1) is 6.04 Å². The van der Waals surface area contributed by atoms with Crippen LogP contribution in [0.15, 0.2) is 24.3 Å². The largest absolute Gasteiger partial charge is 0.348 e. The Morgan fingerprint density at radius 3 is 2.45 bits per heavy atom. The van der Waals surface area contributed by atoms with E-state index in [4.69, 9.17) is 5.73 Å². The van der Waals surface area contributed by atoms with Gasteiger partial charge in [0.25, 0.3) is 0 Å². The van der Waals surface area contributed by atoms with Gasteiger partial charge in [-0.1, -0.05) is 18.2 Å². The number of nitrogens with zero attached hydrogens (tertiary/aromatic N) is 2. The predicted octanol–water partition coefficient (Wildman–Crippen LogP) is 2.97. The normalized spacial score (nSPS) is 19.6. The second-order valence-corrected chi connectivity index (χ2v) is 6.12. The highest BCUT2D eigenvalue weighted by Crippen LogP contribution is 2.36. The van der Waals surface area contributed by atoms with Crippen molar-refractivity contribution in [1.82, 2.24) is 9.47 Å². The van der Waals surface area contributed by atoms with Crippen molar-refractivity contribution in [3.05, 3.63) is 35.5 Å². The van der Waals surface area contributed by atoms with Crippen LogP contribution in [0.2, 0.25) is 0 Å². The fraction of sp³-hybridized carbons (Fsp3) is 0.529. The monoisotopic (exact) mass is 271 g/mol. The lowest BCUT2D eigenvalue weighted by Crippen LogP contribution is -2.38. The van der Waals surface area contributed by atoms with Crippen LogP contribution < -0.4 is 5.73 Å². The number of rotatable bonds is 3. The quantitative estimate of drug-likeness (QED) is 0.931. The molecule has 0 radical (unpaired) electrons. The zero-order valence-corrected chi connectivity index (χ0v) is 12.8. The second kappa shape index (κ2) is 5.23. The van der Waals surface area contributed by atoms with Gasteiger partial charge in [-0.3, -0.25) is 4.90 Å². The molecule has 0 amide bonds. The molecule has 3 heteroatoms. The minimum atomic E-state index is 0.151. The molecule has 2 unspecified atom stereocenters. The average Bonchev–Trinajstić information content (AvgIpc) is 3.03. The number of hydrogen-bond donors (Lipinski definition) is 1. The molecular formula is C17H25N3. The van der Waals surface area contributed by atoms with Crippen molar-refractivity contribution in [3.8, 4) is 0 Å². The predicted molar refractivity (Wildman–Crippen MR) is 84.9 cm³/mol. The molecule has 2 aromatic rings. The molecule has 108 valence electrons. The van der Waals surface area contributed by atoms with Crippen LogP contribution in [-0.4, -0.2) is 28.6 Å². The van der Waals surface area contributed by atoms with Crippen LogP contribution in [0.4, 0.5) is 0 Å². The Labute approximate surface area is 121 Å². The molecule has 1 aromatic carbocycles. The highest BCUT2D eigenvalue weighted by molar-refractivity contribution is 5.86. The average molecular weight is 271 g/mol. The van der Waals surface area contributed by atoms with E-state index in [1.165, 1.54) is 48.1 Å². The molecular weight excluding hydrogens is 246 g/mol. The maximum atomic E-state index is 6.37. The van der Waals surface area contributed by atoms with Crippen molar-refractivity contribution in [2.75, 3.05) is 13.1 Å². The van der Waals surface area contributed by atoms with Gasteiger partial charge in [-0.15, -0.1) is 0 Å². The van der Waals surface area contributed by atoms with E-state index in [1.807, 2.05) is 0 Å². The first-order valence-electron chi connectivity index (χ1n) is 7.65. The molecule has 0 saturated carbocycles. The molecule has 20 heavy (non-hydrogen) atoms. The van der Waals surface area contributed by atoms with E-state index >= 15 is 0 Å². The Kier molecular flexibility index (Phi) is 3.57. The van der Waals surface area contributed by atoms with Gasteiger partial charge in [-0.25, -0.2) is 0 Å². The molecule has 1 fully saturated rings. The van der Waals surface area contributed by atoms with Gasteiger partial charge in [0, 0.05) is 29.7 Å². The third-order valence-electron chi connectivity index (χ3n) is 4.78. The van der Waals surface area contributed by atoms with E-state index in [9.17, 15) is 0 Å². The number of para-hydroxylation sites is 1. The molecule has 2 atom stereocenters. The van der Waals surface area contributed by atoms with Crippen molar-refractivity contribution >= 4 is 10.9 Å². The molecule has 1 aliphatic heterocycles. The van der Waals surface area contributed by atoms with Crippen LogP contribution >= 0.6 is 0 Å². The fourth-order valence-electron chi connectivity index (χ4n) is 3.72. The van der Waals surface area contributed by atoms with Crippen molar-refractivity contribution in [2.24, 2.45) is 12.8 Å². The van der Waals surface area contributed by atoms with Crippen LogP contribution in [0.5, 0.6) is 0 Å². The zero-order chi connectivity index (χ0) is 14.3. The number of aromatic nitrogens is 1. The third-order valence-corrected chi connectivity index (χ3v) is 4.78. The van der Waals surface area contributed by atoms with Crippen molar-refractivity contribution in [2.45, 2.75) is 38.8 Å². The molecule has 0 bridgehead atoms. The lowest BCUT2D eigenvalue weighted by atomic mass is 9.96. The van der Waals surface area contributed by atoms with E-state index < -0.39 is 0 Å². The minimum absolute atomic E-state index is 0.151. The lowest BCUT2D eigenvalue weighted by Gasteiger charge is -2.31. The van der Waals surface area contributed by atoms with Crippen LogP contribution in [0.3, 0.4) is 0 Å². The molecule has 2 N–H and O–H groups in total. The number of fused-ring (bicyclic) bond motifs is 1. The van der Waals surface area contributed by atoms with Gasteiger partial charge < -0.3 is 10.3 Å². The molecule has 0 spiro atoms. The summed E-state index contributed by atoms with van der Waals surface area (Å²) in [7, 11) is 2.16. The molecule has 1 aromatic heterocycles. The Balaban J connectivity index is 2.17. The first kappa shape index (κ1) is 13.7. The summed E-state index contributed by atoms with van der Waals surface area (Å²) in [4.78, 5) is 2.57. The van der Waals surface area contributed by atoms with E-state index in [0.717, 1.165) is 0 Å². The van der Waals surface area contributed by atoms with Crippen molar-refractivity contribution in [1.29, 1.82) is 0 Å². The van der Waals surface area contributed by atoms with Gasteiger partial charge in [-0.05, 0) is 51.4 Å². The summed E-state index contributed by atoms with van der Waals surface area (Å²) >= 11 is 0. The number of benzene rings is 1. The number of hydrogen-bond acceptors (Lipinski definition) is 2. The Morgan fingerprint density at radius 1 is 1.15 bits per heavy atom. The van der Waals surface area contributed by atoms with Crippen LogP contribution in [0.25, 0.3) is 10.9 Å². The second-order valence-electron chi connectivity index (χ2n) is 6.12. The first-order valence-corrected chi connectivity index (χ1v) is 7.65. The van der Waals surface area contributed by atoms with E-state index in [-0.39, 0.29) is 6.04 Å². The summed E-state index contributed by atoms with van der Waals surface area (Å²) in [6.07, 6.45) is 2.60. The van der Waals surface area contributed by atoms with Gasteiger partial charge in [0.2, 0.25) is 0 Å². The maximum Gasteiger partial charge on any atom is 0.0520 e. The summed E-state index contributed by atoms with van der Waals surface area (Å²) in [5, 5.41) is 1.36. The fourth-order valence-corrected chi connectivity index (χ4v) is 3.72. The Morgan fingerprint density at radius 2 is 1.80 bits per heavy atom. The number of nitrogens with two attached hydrogens (primary N) is 1. The van der Waals surface area contributed by atoms with Gasteiger partial charge in [0.1, 0.15) is 0 Å². The van der Waals surface area contributed by atoms with Crippen LogP contribution in [-0.2, 0) is 7.05 Å². The summed E-state index contributed by atoms with van der Waals surface area (Å²) in [6, 6.07) is 9.17. The van der Waals surface area contributed by atoms with E-state index in [0.29, 0.717) is 6.04 Å². The summed E-state index contributed by atoms with van der Waals surface area (Å²) in [5.74, 6) is 0. The highest BCUT2D eigenvalue weighted by atomic mass is 15.2. The minimum Gasteiger partial charge on any atom is -0.348 e. The maximum absolute atomic E-state index is 6.37. The summed E-state index contributed by atoms with van der Waals surface area (Å²) < 4.78 is 2.30. The van der Waals surface area contributed by atoms with Crippen LogP contribution in [0.1, 0.15) is 37.1 Å². The summed E-state index contributed by atoms with van der Waals surface area (Å²) in [6.45, 7) is 6.72. The molecule has 0 aliphatic carbocycles. The van der Waals surface area contributed by atoms with Gasteiger partial charge in [-0.2, -0.15) is 0 Å². The number of aryl methyl sites for hydroxylation is 1. The van der Waals surface area contributed by atoms with E-state index in [1.54, 1.807) is 0 Å². The molecule has 3 rings (SSSR count). The third kappa shape index (κ3) is 2.05. The first-order chi connectivity index (χ1) is 9.61. The van der Waals surface area contributed by atoms with E-state index in [2.05, 4.69) is 54.6 Å². The molecule has 2 heterocycles. The lowest BCUT2D eigenvalue weighted by molar-refractivity contribution is 0.219. The smallest absolute Gasteiger partial charge is 0.0520 e. The topological polar surface area (TPSA) is 34.2 Å². The SMILES string of the molecule is Cc1c(C(C(C)N)N2CCCC2)c2ccccc2n1C. The molecule has 3 nitrogen and oxygen atoms in total. The standard InChI is InChI=1S/C17H25N3/c1-12(18)17(20-10-6-7-11-20)16-13(2)19(3)15-9-5-4-8-14(15)16/h4-5,8-9,12,17H,6-7,10-11,18H2,1-3H3. The highest BCUT2D eigenvalue weighted by Gasteiger charge is 2.30. The molecule has 1 aliphatic rings. The Bertz CT molecular complexity index is 606.